The van der Waals surface area contributed by atoms with E-state index in [4.69, 9.17) is 5.73 Å². The van der Waals surface area contributed by atoms with Crippen LogP contribution >= 0.6 is 0 Å². The Bertz CT molecular complexity index is 1050. The molecule has 1 saturated heterocycles. The van der Waals surface area contributed by atoms with Crippen LogP contribution in [-0.4, -0.2) is 40.3 Å². The molecule has 2 fully saturated rings. The number of fused-ring (bicyclic) bond motifs is 4. The molecule has 146 valence electrons. The number of anilines is 1. The van der Waals surface area contributed by atoms with Crippen LogP contribution < -0.4 is 16.2 Å². The topological polar surface area (TPSA) is 120 Å². The molecule has 7 nitrogen and oxygen atoms in total. The Hall–Kier alpha value is -2.80. The van der Waals surface area contributed by atoms with Gasteiger partial charge in [-0.25, -0.2) is 4.79 Å². The zero-order chi connectivity index (χ0) is 19.7. The average Bonchev–Trinajstić information content (AvgIpc) is 3.08. The Morgan fingerprint density at radius 1 is 1.29 bits per heavy atom. The van der Waals surface area contributed by atoms with Crippen LogP contribution in [0.15, 0.2) is 23.0 Å². The van der Waals surface area contributed by atoms with E-state index in [1.165, 1.54) is 0 Å². The van der Waals surface area contributed by atoms with E-state index in [0.717, 1.165) is 42.7 Å². The van der Waals surface area contributed by atoms with Crippen molar-refractivity contribution in [3.8, 4) is 17.0 Å². The van der Waals surface area contributed by atoms with E-state index in [-0.39, 0.29) is 5.92 Å². The van der Waals surface area contributed by atoms with Gasteiger partial charge in [-0.1, -0.05) is 13.0 Å². The Balaban J connectivity index is 1.60. The number of benzene rings is 1. The number of hydrogen-bond acceptors (Lipinski definition) is 5. The van der Waals surface area contributed by atoms with Crippen molar-refractivity contribution in [1.29, 1.82) is 0 Å². The molecule has 2 aliphatic carbocycles. The highest BCUT2D eigenvalue weighted by atomic mass is 16.4. The Morgan fingerprint density at radius 3 is 2.68 bits per heavy atom. The second-order valence-electron chi connectivity index (χ2n) is 8.36. The van der Waals surface area contributed by atoms with Gasteiger partial charge in [0.05, 0.1) is 5.69 Å². The second-order valence-corrected chi connectivity index (χ2v) is 8.36. The minimum Gasteiger partial charge on any atom is -0.506 e. The van der Waals surface area contributed by atoms with Gasteiger partial charge in [-0.2, -0.15) is 0 Å². The summed E-state index contributed by atoms with van der Waals surface area (Å²) >= 11 is 0. The highest BCUT2D eigenvalue weighted by Crippen LogP contribution is 2.47. The van der Waals surface area contributed by atoms with Gasteiger partial charge in [-0.3, -0.25) is 4.79 Å². The molecule has 1 aromatic carbocycles. The van der Waals surface area contributed by atoms with Crippen LogP contribution in [0, 0.1) is 11.8 Å². The van der Waals surface area contributed by atoms with Crippen molar-refractivity contribution in [2.75, 3.05) is 18.0 Å². The second kappa shape index (κ2) is 5.85. The van der Waals surface area contributed by atoms with Crippen molar-refractivity contribution < 1.29 is 15.0 Å². The Kier molecular flexibility index (Phi) is 3.61. The first kappa shape index (κ1) is 17.3. The van der Waals surface area contributed by atoms with Crippen LogP contribution in [-0.2, 0) is 6.42 Å². The van der Waals surface area contributed by atoms with E-state index in [0.29, 0.717) is 29.1 Å². The van der Waals surface area contributed by atoms with E-state index >= 15 is 0 Å². The summed E-state index contributed by atoms with van der Waals surface area (Å²) in [5, 5.41) is 19.9. The normalized spacial score (nSPS) is 27.6. The molecule has 1 aromatic heterocycles. The fourth-order valence-corrected chi connectivity index (χ4v) is 5.02. The lowest BCUT2D eigenvalue weighted by atomic mass is 9.93. The largest absolute Gasteiger partial charge is 0.506 e. The molecule has 0 bridgehead atoms. The van der Waals surface area contributed by atoms with Crippen LogP contribution in [0.3, 0.4) is 0 Å². The summed E-state index contributed by atoms with van der Waals surface area (Å²) in [5.74, 6) is -0.702. The maximum absolute atomic E-state index is 12.3. The number of carbonyl (C=O) groups is 1. The smallest absolute Gasteiger partial charge is 0.345 e. The molecular weight excluding hydrogens is 358 g/mol. The number of H-pyrrole nitrogens is 1. The van der Waals surface area contributed by atoms with Gasteiger partial charge in [0, 0.05) is 35.9 Å². The van der Waals surface area contributed by atoms with E-state index in [1.807, 2.05) is 19.1 Å². The molecule has 0 radical (unpaired) electrons. The summed E-state index contributed by atoms with van der Waals surface area (Å²) in [7, 11) is 0. The molecule has 1 saturated carbocycles. The lowest BCUT2D eigenvalue weighted by Crippen LogP contribution is -2.28. The number of pyridine rings is 1. The first-order valence-electron chi connectivity index (χ1n) is 9.73. The van der Waals surface area contributed by atoms with Crippen LogP contribution in [0.2, 0.25) is 0 Å². The third kappa shape index (κ3) is 2.39. The number of aromatic hydroxyl groups is 1. The molecule has 3 aliphatic rings. The number of nitrogens with one attached hydrogen (secondary N) is 1. The highest BCUT2D eigenvalue weighted by Gasteiger charge is 2.53. The van der Waals surface area contributed by atoms with Crippen molar-refractivity contribution in [1.82, 2.24) is 4.98 Å². The number of aryl methyl sites for hydroxylation is 1. The maximum Gasteiger partial charge on any atom is 0.345 e. The van der Waals surface area contributed by atoms with Crippen LogP contribution in [0.25, 0.3) is 11.3 Å². The number of aromatic nitrogens is 1. The summed E-state index contributed by atoms with van der Waals surface area (Å²) in [6.07, 6.45) is 1.56. The van der Waals surface area contributed by atoms with Gasteiger partial charge in [0.25, 0.3) is 5.56 Å². The fraction of sp³-hybridized carbons (Fsp3) is 0.429. The van der Waals surface area contributed by atoms with Gasteiger partial charge in [0.1, 0.15) is 5.75 Å². The number of aromatic amines is 1. The summed E-state index contributed by atoms with van der Waals surface area (Å²) in [6.45, 7) is 3.92. The van der Waals surface area contributed by atoms with Gasteiger partial charge < -0.3 is 25.8 Å². The zero-order valence-electron chi connectivity index (χ0n) is 15.6. The average molecular weight is 381 g/mol. The van der Waals surface area contributed by atoms with Crippen molar-refractivity contribution in [2.45, 2.75) is 31.7 Å². The third-order valence-electron chi connectivity index (χ3n) is 6.76. The molecule has 2 aromatic rings. The lowest BCUT2D eigenvalue weighted by Gasteiger charge is -2.23. The van der Waals surface area contributed by atoms with Crippen LogP contribution in [0.5, 0.6) is 5.75 Å². The number of hydrogen-bond donors (Lipinski definition) is 4. The molecule has 1 aliphatic heterocycles. The number of nitrogens with zero attached hydrogens (tertiary/aromatic N) is 1. The minimum absolute atomic E-state index is 0.0711. The predicted octanol–water partition coefficient (Wildman–Crippen LogP) is 1.89. The van der Waals surface area contributed by atoms with Crippen molar-refractivity contribution in [3.05, 3.63) is 45.2 Å². The SMILES string of the molecule is CC1CCc2cc(N3CC4C(N)C4C3)ccc2-c2[nH]c(=O)c(C(=O)O)c(O)c21. The number of piperidine rings is 1. The minimum atomic E-state index is -1.42. The van der Waals surface area contributed by atoms with Crippen LogP contribution in [0.1, 0.15) is 40.7 Å². The quantitative estimate of drug-likeness (QED) is 0.631. The Labute approximate surface area is 161 Å². The fourth-order valence-electron chi connectivity index (χ4n) is 5.02. The highest BCUT2D eigenvalue weighted by molar-refractivity contribution is 5.92. The summed E-state index contributed by atoms with van der Waals surface area (Å²) in [5.41, 5.74) is 8.84. The van der Waals surface area contributed by atoms with E-state index in [1.54, 1.807) is 0 Å². The van der Waals surface area contributed by atoms with Gasteiger partial charge in [-0.05, 0) is 48.3 Å². The maximum atomic E-state index is 12.3. The molecule has 7 heteroatoms. The van der Waals surface area contributed by atoms with Gasteiger partial charge in [0.15, 0.2) is 5.56 Å². The molecule has 0 spiro atoms. The van der Waals surface area contributed by atoms with Crippen molar-refractivity contribution in [3.63, 3.8) is 0 Å². The van der Waals surface area contributed by atoms with E-state index in [9.17, 15) is 19.8 Å². The van der Waals surface area contributed by atoms with Gasteiger partial charge >= 0.3 is 5.97 Å². The van der Waals surface area contributed by atoms with E-state index in [2.05, 4.69) is 16.0 Å². The number of carboxylic acid groups (broad SMARTS) is 1. The van der Waals surface area contributed by atoms with E-state index < -0.39 is 22.8 Å². The number of aromatic carboxylic acids is 1. The monoisotopic (exact) mass is 381 g/mol. The number of carboxylic acids is 1. The summed E-state index contributed by atoms with van der Waals surface area (Å²) < 4.78 is 0. The zero-order valence-corrected chi connectivity index (χ0v) is 15.6. The van der Waals surface area contributed by atoms with Crippen molar-refractivity contribution >= 4 is 11.7 Å². The standard InChI is InChI=1S/C21H23N3O4/c1-9-2-3-10-6-11(24-7-13-14(8-24)17(13)22)4-5-12(10)18-15(9)19(25)16(21(27)28)20(26)23-18/h4-6,9,13-14,17H,2-3,7-8,22H2,1H3,(H,27,28)(H2,23,25,26). The van der Waals surface area contributed by atoms with Crippen molar-refractivity contribution in [2.24, 2.45) is 17.6 Å². The van der Waals surface area contributed by atoms with Crippen LogP contribution in [0.4, 0.5) is 5.69 Å². The third-order valence-corrected chi connectivity index (χ3v) is 6.76. The number of nitrogens with two attached hydrogens (primary N) is 1. The lowest BCUT2D eigenvalue weighted by molar-refractivity contribution is 0.0691. The predicted molar refractivity (Wildman–Crippen MR) is 105 cm³/mol. The molecule has 5 rings (SSSR count). The first-order chi connectivity index (χ1) is 13.4. The molecule has 0 amide bonds. The molecular formula is C21H23N3O4. The first-order valence-corrected chi connectivity index (χ1v) is 9.73. The molecule has 3 unspecified atom stereocenters. The molecule has 3 atom stereocenters. The molecule has 2 heterocycles. The Morgan fingerprint density at radius 2 is 2.00 bits per heavy atom. The molecule has 28 heavy (non-hydrogen) atoms. The summed E-state index contributed by atoms with van der Waals surface area (Å²) in [4.78, 5) is 28.8. The van der Waals surface area contributed by atoms with Gasteiger partial charge in [-0.15, -0.1) is 0 Å². The number of rotatable bonds is 2. The molecule has 5 N–H and O–H groups in total. The summed E-state index contributed by atoms with van der Waals surface area (Å²) in [6, 6.07) is 6.52. The van der Waals surface area contributed by atoms with Gasteiger partial charge in [0.2, 0.25) is 0 Å².